The largest absolute Gasteiger partial charge is 1.00 e. The first-order chi connectivity index (χ1) is 9.05. The van der Waals surface area contributed by atoms with Crippen molar-refractivity contribution < 1.29 is 33.3 Å². The van der Waals surface area contributed by atoms with Crippen molar-refractivity contribution in [3.63, 3.8) is 0 Å². The highest BCUT2D eigenvalue weighted by Crippen LogP contribution is 2.41. The lowest BCUT2D eigenvalue weighted by molar-refractivity contribution is -0.896. The average Bonchev–Trinajstić information content (AvgIpc) is 2.39. The molecule has 2 nitrogen and oxygen atoms in total. The van der Waals surface area contributed by atoms with Crippen molar-refractivity contribution in [1.29, 1.82) is 0 Å². The minimum absolute atomic E-state index is 0. The second-order valence-electron chi connectivity index (χ2n) is 6.61. The van der Waals surface area contributed by atoms with Crippen LogP contribution in [-0.4, -0.2) is 37.5 Å². The van der Waals surface area contributed by atoms with E-state index in [1.54, 1.807) is 0 Å². The van der Waals surface area contributed by atoms with Gasteiger partial charge in [0.2, 0.25) is 0 Å². The van der Waals surface area contributed by atoms with Crippen LogP contribution < -0.4 is 24.0 Å². The minimum atomic E-state index is 0. The van der Waals surface area contributed by atoms with Gasteiger partial charge in [0.15, 0.2) is 5.78 Å². The smallest absolute Gasteiger partial charge is 0.156 e. The van der Waals surface area contributed by atoms with Gasteiger partial charge >= 0.3 is 0 Å². The van der Waals surface area contributed by atoms with Crippen LogP contribution in [0.4, 0.5) is 0 Å². The molecule has 108 valence electrons. The van der Waals surface area contributed by atoms with Crippen LogP contribution in [0.1, 0.15) is 24.3 Å². The van der Waals surface area contributed by atoms with Crippen molar-refractivity contribution in [2.45, 2.75) is 18.8 Å². The maximum absolute atomic E-state index is 12.0. The summed E-state index contributed by atoms with van der Waals surface area (Å²) < 4.78 is 1.07. The minimum Gasteiger partial charge on any atom is -1.00 e. The van der Waals surface area contributed by atoms with Crippen LogP contribution in [0.15, 0.2) is 42.0 Å². The van der Waals surface area contributed by atoms with Crippen molar-refractivity contribution >= 4 is 5.78 Å². The lowest BCUT2D eigenvalue weighted by Gasteiger charge is -2.44. The van der Waals surface area contributed by atoms with Gasteiger partial charge in [-0.2, -0.15) is 0 Å². The highest BCUT2D eigenvalue weighted by atomic mass is 127. The second kappa shape index (κ2) is 5.98. The van der Waals surface area contributed by atoms with Gasteiger partial charge in [-0.05, 0) is 11.6 Å². The number of piperidine rings is 1. The van der Waals surface area contributed by atoms with Crippen LogP contribution in [0, 0.1) is 5.92 Å². The van der Waals surface area contributed by atoms with Crippen molar-refractivity contribution in [3.8, 4) is 0 Å². The molecule has 3 rings (SSSR count). The third-order valence-electron chi connectivity index (χ3n) is 4.65. The molecule has 1 fully saturated rings. The molecule has 2 atom stereocenters. The Balaban J connectivity index is 0.00000147. The number of hydrogen-bond donors (Lipinski definition) is 0. The number of quaternary nitrogens is 1. The summed E-state index contributed by atoms with van der Waals surface area (Å²) in [6, 6.07) is 10.6. The van der Waals surface area contributed by atoms with Crippen LogP contribution in [0.5, 0.6) is 0 Å². The van der Waals surface area contributed by atoms with Gasteiger partial charge in [-0.15, -0.1) is 0 Å². The molecule has 1 aliphatic carbocycles. The molecule has 0 aromatic heterocycles. The Labute approximate surface area is 138 Å². The van der Waals surface area contributed by atoms with Gasteiger partial charge in [0.05, 0.1) is 27.2 Å². The molecule has 1 aliphatic heterocycles. The molecule has 1 aromatic carbocycles. The second-order valence-corrected chi connectivity index (χ2v) is 6.61. The normalized spacial score (nSPS) is 28.1. The van der Waals surface area contributed by atoms with Crippen molar-refractivity contribution in [3.05, 3.63) is 47.5 Å². The van der Waals surface area contributed by atoms with E-state index >= 15 is 0 Å². The molecular weight excluding hydrogens is 361 g/mol. The Morgan fingerprint density at radius 3 is 2.50 bits per heavy atom. The van der Waals surface area contributed by atoms with E-state index < -0.39 is 0 Å². The van der Waals surface area contributed by atoms with E-state index in [9.17, 15) is 4.79 Å². The summed E-state index contributed by atoms with van der Waals surface area (Å²) in [5.74, 6) is 1.24. The van der Waals surface area contributed by atoms with Crippen LogP contribution in [0.3, 0.4) is 0 Å². The monoisotopic (exact) mass is 383 g/mol. The van der Waals surface area contributed by atoms with Gasteiger partial charge in [0, 0.05) is 24.7 Å². The fraction of sp³-hybridized carbons (Fsp3) is 0.471. The van der Waals surface area contributed by atoms with Gasteiger partial charge in [0.1, 0.15) is 0 Å². The lowest BCUT2D eigenvalue weighted by atomic mass is 9.71. The predicted molar refractivity (Wildman–Crippen MR) is 76.8 cm³/mol. The summed E-state index contributed by atoms with van der Waals surface area (Å²) in [6.45, 7) is 2.30. The third kappa shape index (κ3) is 3.14. The van der Waals surface area contributed by atoms with E-state index in [2.05, 4.69) is 38.4 Å². The number of hydrogen-bond acceptors (Lipinski definition) is 1. The van der Waals surface area contributed by atoms with Gasteiger partial charge in [0.25, 0.3) is 0 Å². The van der Waals surface area contributed by atoms with Gasteiger partial charge in [-0.1, -0.05) is 35.9 Å². The molecule has 2 aliphatic rings. The molecule has 20 heavy (non-hydrogen) atoms. The first kappa shape index (κ1) is 15.7. The van der Waals surface area contributed by atoms with Crippen molar-refractivity contribution in [1.82, 2.24) is 0 Å². The number of ketones is 1. The van der Waals surface area contributed by atoms with Crippen molar-refractivity contribution in [2.24, 2.45) is 5.92 Å². The fourth-order valence-corrected chi connectivity index (χ4v) is 3.60. The molecule has 0 bridgehead atoms. The summed E-state index contributed by atoms with van der Waals surface area (Å²) in [7, 11) is 4.60. The standard InChI is InChI=1S/C17H22NO.HI/c1-18(2)9-8-14-10-15(19)11-16(17(14)12-18)13-6-4-3-5-7-13;/h3-7,10,16-17H,8-9,11-12H2,1-2H3;1H/q+1;/p-1. The number of likely N-dealkylation sites (tertiary alicyclic amines) is 1. The Morgan fingerprint density at radius 1 is 1.10 bits per heavy atom. The number of halogens is 1. The van der Waals surface area contributed by atoms with E-state index in [1.807, 2.05) is 12.1 Å². The van der Waals surface area contributed by atoms with E-state index in [0.717, 1.165) is 24.0 Å². The summed E-state index contributed by atoms with van der Waals surface area (Å²) in [6.07, 6.45) is 3.69. The van der Waals surface area contributed by atoms with Crippen molar-refractivity contribution in [2.75, 3.05) is 27.2 Å². The Bertz CT molecular complexity index is 521. The lowest BCUT2D eigenvalue weighted by Crippen LogP contribution is -3.00. The fourth-order valence-electron chi connectivity index (χ4n) is 3.60. The highest BCUT2D eigenvalue weighted by Gasteiger charge is 2.40. The summed E-state index contributed by atoms with van der Waals surface area (Å²) in [5.41, 5.74) is 2.72. The number of fused-ring (bicyclic) bond motifs is 1. The van der Waals surface area contributed by atoms with Gasteiger partial charge in [-0.3, -0.25) is 4.79 Å². The zero-order valence-corrected chi connectivity index (χ0v) is 14.3. The highest BCUT2D eigenvalue weighted by molar-refractivity contribution is 5.92. The van der Waals surface area contributed by atoms with Crippen LogP contribution in [-0.2, 0) is 4.79 Å². The first-order valence-corrected chi connectivity index (χ1v) is 7.15. The zero-order chi connectivity index (χ0) is 13.5. The number of benzene rings is 1. The van der Waals surface area contributed by atoms with Crippen LogP contribution in [0.25, 0.3) is 0 Å². The summed E-state index contributed by atoms with van der Waals surface area (Å²) >= 11 is 0. The van der Waals surface area contributed by atoms with Crippen LogP contribution in [0.2, 0.25) is 0 Å². The Kier molecular flexibility index (Phi) is 4.69. The maximum atomic E-state index is 12.0. The molecule has 1 saturated heterocycles. The number of rotatable bonds is 1. The third-order valence-corrected chi connectivity index (χ3v) is 4.65. The number of allylic oxidation sites excluding steroid dienone is 1. The van der Waals surface area contributed by atoms with Gasteiger partial charge in [-0.25, -0.2) is 0 Å². The molecule has 0 amide bonds. The molecule has 0 N–H and O–H groups in total. The molecule has 1 aromatic rings. The average molecular weight is 383 g/mol. The van der Waals surface area contributed by atoms with E-state index in [-0.39, 0.29) is 24.0 Å². The quantitative estimate of drug-likeness (QED) is 0.484. The molecule has 3 heteroatoms. The Hall–Kier alpha value is -0.680. The Morgan fingerprint density at radius 2 is 1.80 bits per heavy atom. The molecular formula is C17H22INO. The SMILES string of the molecule is C[N+]1(C)CCC2=CC(=O)CC(c3ccccc3)C2C1.[I-]. The van der Waals surface area contributed by atoms with E-state index in [0.29, 0.717) is 24.0 Å². The first-order valence-electron chi connectivity index (χ1n) is 7.15. The summed E-state index contributed by atoms with van der Waals surface area (Å²) in [4.78, 5) is 12.0. The van der Waals surface area contributed by atoms with Crippen LogP contribution >= 0.6 is 0 Å². The maximum Gasteiger partial charge on any atom is 0.156 e. The molecule has 0 spiro atoms. The zero-order valence-electron chi connectivity index (χ0n) is 12.2. The predicted octanol–water partition coefficient (Wildman–Crippen LogP) is -0.230. The van der Waals surface area contributed by atoms with E-state index in [1.165, 1.54) is 11.1 Å². The number of nitrogens with zero attached hydrogens (tertiary/aromatic N) is 1. The van der Waals surface area contributed by atoms with Gasteiger partial charge < -0.3 is 28.5 Å². The van der Waals surface area contributed by atoms with E-state index in [4.69, 9.17) is 0 Å². The number of carbonyl (C=O) groups is 1. The summed E-state index contributed by atoms with van der Waals surface area (Å²) in [5, 5.41) is 0. The molecule has 1 heterocycles. The molecule has 2 unspecified atom stereocenters. The number of carbonyl (C=O) groups excluding carboxylic acids is 1. The molecule has 0 saturated carbocycles. The molecule has 0 radical (unpaired) electrons. The topological polar surface area (TPSA) is 17.1 Å².